The van der Waals surface area contributed by atoms with Gasteiger partial charge in [0, 0.05) is 36.7 Å². The molecule has 1 aromatic carbocycles. The highest BCUT2D eigenvalue weighted by atomic mass is 32.2. The molecule has 4 rings (SSSR count). The van der Waals surface area contributed by atoms with E-state index in [1.54, 1.807) is 34.4 Å². The fourth-order valence-electron chi connectivity index (χ4n) is 3.75. The molecule has 2 saturated heterocycles. The van der Waals surface area contributed by atoms with Crippen molar-refractivity contribution in [3.63, 3.8) is 0 Å². The van der Waals surface area contributed by atoms with Crippen LogP contribution in [0, 0.1) is 0 Å². The third kappa shape index (κ3) is 4.92. The fourth-order valence-corrected chi connectivity index (χ4v) is 5.93. The summed E-state index contributed by atoms with van der Waals surface area (Å²) in [5.41, 5.74) is 0.374. The zero-order chi connectivity index (χ0) is 21.0. The van der Waals surface area contributed by atoms with Crippen LogP contribution in [0.15, 0.2) is 46.7 Å². The Hall–Kier alpha value is -1.78. The molecule has 2 fully saturated rings. The summed E-state index contributed by atoms with van der Waals surface area (Å²) < 4.78 is 38.4. The molecule has 0 aliphatic carbocycles. The second kappa shape index (κ2) is 9.57. The molecule has 7 nitrogen and oxygen atoms in total. The van der Waals surface area contributed by atoms with Crippen molar-refractivity contribution in [3.05, 3.63) is 52.2 Å². The average Bonchev–Trinajstić information content (AvgIpc) is 3.48. The summed E-state index contributed by atoms with van der Waals surface area (Å²) >= 11 is 1.60. The summed E-state index contributed by atoms with van der Waals surface area (Å²) in [4.78, 5) is 16.4. The van der Waals surface area contributed by atoms with E-state index >= 15 is 0 Å². The Bertz CT molecular complexity index is 950. The van der Waals surface area contributed by atoms with Gasteiger partial charge in [0.25, 0.3) is 5.91 Å². The Morgan fingerprint density at radius 3 is 2.70 bits per heavy atom. The number of hydrogen-bond acceptors (Lipinski definition) is 6. The number of rotatable bonds is 7. The Labute approximate surface area is 181 Å². The van der Waals surface area contributed by atoms with Gasteiger partial charge in [0.15, 0.2) is 0 Å². The second-order valence-electron chi connectivity index (χ2n) is 7.44. The molecule has 1 amide bonds. The summed E-state index contributed by atoms with van der Waals surface area (Å²) in [7, 11) is -3.66. The first-order valence-electron chi connectivity index (χ1n) is 10.2. The van der Waals surface area contributed by atoms with Gasteiger partial charge in [-0.1, -0.05) is 12.1 Å². The van der Waals surface area contributed by atoms with Crippen LogP contribution in [-0.2, 0) is 26.0 Å². The maximum atomic E-state index is 13.4. The monoisotopic (exact) mass is 450 g/mol. The van der Waals surface area contributed by atoms with E-state index in [0.29, 0.717) is 45.0 Å². The van der Waals surface area contributed by atoms with E-state index in [0.717, 1.165) is 24.3 Å². The summed E-state index contributed by atoms with van der Waals surface area (Å²) in [6, 6.07) is 10.3. The number of thiophene rings is 1. The number of carbonyl (C=O) groups is 1. The van der Waals surface area contributed by atoms with E-state index in [-0.39, 0.29) is 16.9 Å². The highest BCUT2D eigenvalue weighted by Gasteiger charge is 2.28. The van der Waals surface area contributed by atoms with Gasteiger partial charge in [-0.2, -0.15) is 4.31 Å². The van der Waals surface area contributed by atoms with E-state index in [4.69, 9.17) is 9.47 Å². The Kier molecular flexibility index (Phi) is 6.84. The van der Waals surface area contributed by atoms with Crippen LogP contribution < -0.4 is 0 Å². The molecule has 1 atom stereocenters. The third-order valence-corrected chi connectivity index (χ3v) is 8.11. The van der Waals surface area contributed by atoms with Gasteiger partial charge in [-0.3, -0.25) is 4.79 Å². The van der Waals surface area contributed by atoms with Gasteiger partial charge >= 0.3 is 0 Å². The number of amides is 1. The van der Waals surface area contributed by atoms with E-state index in [1.165, 1.54) is 10.4 Å². The Morgan fingerprint density at radius 1 is 1.17 bits per heavy atom. The minimum atomic E-state index is -3.66. The number of nitrogens with zero attached hydrogens (tertiary/aromatic N) is 2. The first kappa shape index (κ1) is 21.5. The van der Waals surface area contributed by atoms with Gasteiger partial charge in [-0.15, -0.1) is 11.3 Å². The lowest BCUT2D eigenvalue weighted by molar-refractivity contribution is 0.0509. The molecule has 1 aromatic heterocycles. The van der Waals surface area contributed by atoms with Crippen LogP contribution in [0.3, 0.4) is 0 Å². The van der Waals surface area contributed by atoms with Gasteiger partial charge < -0.3 is 14.4 Å². The van der Waals surface area contributed by atoms with Crippen molar-refractivity contribution >= 4 is 27.3 Å². The maximum absolute atomic E-state index is 13.4. The molecule has 9 heteroatoms. The standard InChI is InChI=1S/C21H26N2O5S2/c24-21(22(15-18-5-2-10-28-18)16-19-6-3-13-29-19)17-4-1-7-20(14-17)30(25,26)23-8-11-27-12-9-23/h1,3-4,6-7,13-14,18H,2,5,8-12,15-16H2. The summed E-state index contributed by atoms with van der Waals surface area (Å²) in [6.45, 7) is 3.11. The van der Waals surface area contributed by atoms with Crippen LogP contribution in [0.2, 0.25) is 0 Å². The van der Waals surface area contributed by atoms with Crippen molar-refractivity contribution in [2.45, 2.75) is 30.4 Å². The molecule has 30 heavy (non-hydrogen) atoms. The van der Waals surface area contributed by atoms with Crippen molar-refractivity contribution in [1.82, 2.24) is 9.21 Å². The second-order valence-corrected chi connectivity index (χ2v) is 10.4. The zero-order valence-corrected chi connectivity index (χ0v) is 18.4. The molecule has 0 saturated carbocycles. The normalized spacial score (nSPS) is 20.3. The van der Waals surface area contributed by atoms with Crippen molar-refractivity contribution in [2.24, 2.45) is 0 Å². The molecule has 2 aliphatic rings. The summed E-state index contributed by atoms with van der Waals surface area (Å²) in [5.74, 6) is -0.182. The number of benzene rings is 1. The number of morpholine rings is 1. The molecule has 3 heterocycles. The van der Waals surface area contributed by atoms with Gasteiger partial charge in [0.1, 0.15) is 0 Å². The molecule has 2 aromatic rings. The minimum Gasteiger partial charge on any atom is -0.379 e. The van der Waals surface area contributed by atoms with Crippen molar-refractivity contribution in [2.75, 3.05) is 39.5 Å². The lowest BCUT2D eigenvalue weighted by atomic mass is 10.1. The number of ether oxygens (including phenoxy) is 2. The van der Waals surface area contributed by atoms with Crippen molar-refractivity contribution < 1.29 is 22.7 Å². The van der Waals surface area contributed by atoms with Crippen LogP contribution in [0.25, 0.3) is 0 Å². The molecule has 0 bridgehead atoms. The minimum absolute atomic E-state index is 0.0224. The van der Waals surface area contributed by atoms with E-state index < -0.39 is 10.0 Å². The molecule has 0 spiro atoms. The fraction of sp³-hybridized carbons (Fsp3) is 0.476. The maximum Gasteiger partial charge on any atom is 0.254 e. The Morgan fingerprint density at radius 2 is 2.00 bits per heavy atom. The van der Waals surface area contributed by atoms with Crippen molar-refractivity contribution in [1.29, 1.82) is 0 Å². The van der Waals surface area contributed by atoms with Gasteiger partial charge in [0.05, 0.1) is 30.8 Å². The number of carbonyl (C=O) groups excluding carboxylic acids is 1. The van der Waals surface area contributed by atoms with E-state index in [2.05, 4.69) is 0 Å². The summed E-state index contributed by atoms with van der Waals surface area (Å²) in [5, 5.41) is 1.99. The first-order valence-corrected chi connectivity index (χ1v) is 12.5. The van der Waals surface area contributed by atoms with Crippen LogP contribution in [-0.4, -0.2) is 69.1 Å². The van der Waals surface area contributed by atoms with Crippen LogP contribution in [0.1, 0.15) is 28.1 Å². The number of hydrogen-bond donors (Lipinski definition) is 0. The quantitative estimate of drug-likeness (QED) is 0.648. The predicted molar refractivity (Wildman–Crippen MR) is 114 cm³/mol. The molecule has 1 unspecified atom stereocenters. The van der Waals surface area contributed by atoms with Crippen molar-refractivity contribution in [3.8, 4) is 0 Å². The van der Waals surface area contributed by atoms with Crippen LogP contribution >= 0.6 is 11.3 Å². The van der Waals surface area contributed by atoms with E-state index in [9.17, 15) is 13.2 Å². The molecule has 0 N–H and O–H groups in total. The molecular formula is C21H26N2O5S2. The Balaban J connectivity index is 1.57. The van der Waals surface area contributed by atoms with Gasteiger partial charge in [-0.05, 0) is 42.5 Å². The average molecular weight is 451 g/mol. The third-order valence-electron chi connectivity index (χ3n) is 5.35. The largest absolute Gasteiger partial charge is 0.379 e. The van der Waals surface area contributed by atoms with Crippen LogP contribution in [0.4, 0.5) is 0 Å². The SMILES string of the molecule is O=C(c1cccc(S(=O)(=O)N2CCOCC2)c1)N(Cc1cccs1)CC1CCCO1. The van der Waals surface area contributed by atoms with Gasteiger partial charge in [-0.25, -0.2) is 8.42 Å². The highest BCUT2D eigenvalue weighted by molar-refractivity contribution is 7.89. The first-order chi connectivity index (χ1) is 14.5. The molecule has 162 valence electrons. The van der Waals surface area contributed by atoms with E-state index in [1.807, 2.05) is 17.5 Å². The summed E-state index contributed by atoms with van der Waals surface area (Å²) in [6.07, 6.45) is 1.95. The topological polar surface area (TPSA) is 76.2 Å². The zero-order valence-electron chi connectivity index (χ0n) is 16.7. The molecule has 2 aliphatic heterocycles. The smallest absolute Gasteiger partial charge is 0.254 e. The number of sulfonamides is 1. The highest BCUT2D eigenvalue weighted by Crippen LogP contribution is 2.22. The lowest BCUT2D eigenvalue weighted by Crippen LogP contribution is -2.40. The lowest BCUT2D eigenvalue weighted by Gasteiger charge is -2.27. The molecular weight excluding hydrogens is 424 g/mol. The predicted octanol–water partition coefficient (Wildman–Crippen LogP) is 2.59. The van der Waals surface area contributed by atoms with Crippen LogP contribution in [0.5, 0.6) is 0 Å². The molecule has 0 radical (unpaired) electrons. The van der Waals surface area contributed by atoms with Gasteiger partial charge in [0.2, 0.25) is 10.0 Å².